The number of imidazole rings is 1. The Morgan fingerprint density at radius 1 is 1.20 bits per heavy atom. The second-order valence-corrected chi connectivity index (χ2v) is 6.11. The third-order valence-corrected chi connectivity index (χ3v) is 4.68. The summed E-state index contributed by atoms with van der Waals surface area (Å²) in [7, 11) is 0. The van der Waals surface area contributed by atoms with Gasteiger partial charge in [-0.25, -0.2) is 4.98 Å². The molecule has 4 nitrogen and oxygen atoms in total. The molecule has 104 valence electrons. The van der Waals surface area contributed by atoms with Gasteiger partial charge < -0.3 is 9.67 Å². The highest BCUT2D eigenvalue weighted by atomic mass is 16.4. The number of fused-ring (bicyclic) bond motifs is 1. The number of nitrogens with zero attached hydrogens (tertiary/aromatic N) is 2. The number of carboxylic acids is 1. The second kappa shape index (κ2) is 4.33. The fraction of sp³-hybridized carbons (Fsp3) is 0.500. The molecule has 20 heavy (non-hydrogen) atoms. The van der Waals surface area contributed by atoms with Gasteiger partial charge in [-0.05, 0) is 44.2 Å². The van der Waals surface area contributed by atoms with Crippen LogP contribution in [-0.4, -0.2) is 20.6 Å². The molecule has 2 aromatic rings. The second-order valence-electron chi connectivity index (χ2n) is 6.11. The predicted octanol–water partition coefficient (Wildman–Crippen LogP) is 3.34. The van der Waals surface area contributed by atoms with E-state index >= 15 is 0 Å². The Labute approximate surface area is 117 Å². The van der Waals surface area contributed by atoms with Crippen LogP contribution in [0.3, 0.4) is 0 Å². The monoisotopic (exact) mass is 270 g/mol. The van der Waals surface area contributed by atoms with Crippen molar-refractivity contribution < 1.29 is 9.90 Å². The highest BCUT2D eigenvalue weighted by molar-refractivity contribution is 5.76. The van der Waals surface area contributed by atoms with Crippen LogP contribution < -0.4 is 0 Å². The molecule has 0 amide bonds. The van der Waals surface area contributed by atoms with Crippen molar-refractivity contribution in [2.24, 2.45) is 5.92 Å². The molecule has 2 unspecified atom stereocenters. The average Bonchev–Trinajstić information content (AvgIpc) is 3.04. The Balaban J connectivity index is 1.76. The topological polar surface area (TPSA) is 55.1 Å². The summed E-state index contributed by atoms with van der Waals surface area (Å²) in [5, 5.41) is 9.18. The molecule has 2 aliphatic rings. The van der Waals surface area contributed by atoms with E-state index in [9.17, 15) is 9.90 Å². The first-order chi connectivity index (χ1) is 9.74. The number of para-hydroxylation sites is 2. The van der Waals surface area contributed by atoms with Gasteiger partial charge >= 0.3 is 5.97 Å². The lowest BCUT2D eigenvalue weighted by molar-refractivity contribution is -0.141. The maximum absolute atomic E-state index is 11.2. The summed E-state index contributed by atoms with van der Waals surface area (Å²) >= 11 is 0. The molecule has 1 heterocycles. The molecule has 0 saturated heterocycles. The summed E-state index contributed by atoms with van der Waals surface area (Å²) in [4.78, 5) is 16.0. The Hall–Kier alpha value is -1.84. The zero-order valence-electron chi connectivity index (χ0n) is 11.3. The molecular formula is C16H18N2O2. The molecule has 0 bridgehead atoms. The van der Waals surface area contributed by atoms with Crippen molar-refractivity contribution >= 4 is 17.0 Å². The molecular weight excluding hydrogens is 252 g/mol. The third kappa shape index (κ3) is 1.82. The minimum Gasteiger partial charge on any atom is -0.481 e. The molecule has 1 N–H and O–H groups in total. The number of carbonyl (C=O) groups is 1. The van der Waals surface area contributed by atoms with E-state index in [2.05, 4.69) is 22.8 Å². The molecule has 2 atom stereocenters. The number of aliphatic carboxylic acids is 1. The van der Waals surface area contributed by atoms with Crippen molar-refractivity contribution in [2.75, 3.05) is 0 Å². The molecule has 2 saturated carbocycles. The van der Waals surface area contributed by atoms with Crippen LogP contribution in [0, 0.1) is 5.92 Å². The van der Waals surface area contributed by atoms with Crippen LogP contribution in [0.2, 0.25) is 0 Å². The van der Waals surface area contributed by atoms with Crippen LogP contribution in [0.25, 0.3) is 11.0 Å². The fourth-order valence-electron chi connectivity index (χ4n) is 3.51. The smallest absolute Gasteiger partial charge is 0.306 e. The lowest BCUT2D eigenvalue weighted by Crippen LogP contribution is -2.11. The van der Waals surface area contributed by atoms with Crippen LogP contribution in [0.15, 0.2) is 24.3 Å². The normalized spacial score (nSPS) is 26.2. The fourth-order valence-corrected chi connectivity index (χ4v) is 3.51. The molecule has 1 aromatic heterocycles. The summed E-state index contributed by atoms with van der Waals surface area (Å²) < 4.78 is 2.38. The summed E-state index contributed by atoms with van der Waals surface area (Å²) in [5.74, 6) is 0.593. The molecule has 0 spiro atoms. The number of hydrogen-bond acceptors (Lipinski definition) is 2. The van der Waals surface area contributed by atoms with Crippen molar-refractivity contribution in [3.8, 4) is 0 Å². The molecule has 4 heteroatoms. The lowest BCUT2D eigenvalue weighted by atomic mass is 10.0. The summed E-state index contributed by atoms with van der Waals surface area (Å²) in [6.07, 6.45) is 4.93. The zero-order valence-corrected chi connectivity index (χ0v) is 11.3. The molecule has 4 rings (SSSR count). The van der Waals surface area contributed by atoms with Crippen molar-refractivity contribution in [3.63, 3.8) is 0 Å². The van der Waals surface area contributed by atoms with Gasteiger partial charge in [-0.1, -0.05) is 12.1 Å². The van der Waals surface area contributed by atoms with E-state index in [4.69, 9.17) is 4.98 Å². The maximum atomic E-state index is 11.2. The highest BCUT2D eigenvalue weighted by Crippen LogP contribution is 2.44. The van der Waals surface area contributed by atoms with Gasteiger partial charge in [0.05, 0.1) is 17.0 Å². The average molecular weight is 270 g/mol. The summed E-state index contributed by atoms with van der Waals surface area (Å²) in [5.41, 5.74) is 2.26. The van der Waals surface area contributed by atoms with E-state index in [1.165, 1.54) is 18.4 Å². The third-order valence-electron chi connectivity index (χ3n) is 4.68. The summed E-state index contributed by atoms with van der Waals surface area (Å²) in [6, 6.07) is 8.85. The molecule has 0 radical (unpaired) electrons. The number of hydrogen-bond donors (Lipinski definition) is 1. The van der Waals surface area contributed by atoms with Gasteiger partial charge in [0.1, 0.15) is 5.82 Å². The zero-order chi connectivity index (χ0) is 13.7. The number of rotatable bonds is 3. The lowest BCUT2D eigenvalue weighted by Gasteiger charge is -2.13. The van der Waals surface area contributed by atoms with Gasteiger partial charge in [-0.2, -0.15) is 0 Å². The van der Waals surface area contributed by atoms with Crippen LogP contribution in [0.4, 0.5) is 0 Å². The Morgan fingerprint density at radius 2 is 2.00 bits per heavy atom. The largest absolute Gasteiger partial charge is 0.481 e. The first kappa shape index (κ1) is 11.9. The van der Waals surface area contributed by atoms with Crippen LogP contribution in [0.5, 0.6) is 0 Å². The van der Waals surface area contributed by atoms with Gasteiger partial charge in [0.2, 0.25) is 0 Å². The Kier molecular flexibility index (Phi) is 2.59. The maximum Gasteiger partial charge on any atom is 0.306 e. The van der Waals surface area contributed by atoms with Gasteiger partial charge in [0, 0.05) is 12.0 Å². The first-order valence-electron chi connectivity index (χ1n) is 7.43. The SMILES string of the molecule is O=C(O)C1CCC(c2nc3ccccc3n2C2CC2)C1. The number of carboxylic acid groups (broad SMARTS) is 1. The van der Waals surface area contributed by atoms with E-state index in [0.717, 1.165) is 30.6 Å². The highest BCUT2D eigenvalue weighted by Gasteiger charge is 2.36. The minimum absolute atomic E-state index is 0.188. The minimum atomic E-state index is -0.651. The first-order valence-corrected chi connectivity index (χ1v) is 7.43. The van der Waals surface area contributed by atoms with E-state index in [1.807, 2.05) is 6.07 Å². The van der Waals surface area contributed by atoms with E-state index in [-0.39, 0.29) is 5.92 Å². The van der Waals surface area contributed by atoms with Crippen molar-refractivity contribution in [1.29, 1.82) is 0 Å². The quantitative estimate of drug-likeness (QED) is 0.930. The molecule has 0 aliphatic heterocycles. The predicted molar refractivity (Wildman–Crippen MR) is 75.7 cm³/mol. The standard InChI is InChI=1S/C16H18N2O2/c19-16(20)11-6-5-10(9-11)15-17-13-3-1-2-4-14(13)18(15)12-7-8-12/h1-4,10-12H,5-9H2,(H,19,20). The molecule has 2 fully saturated rings. The Morgan fingerprint density at radius 3 is 2.70 bits per heavy atom. The van der Waals surface area contributed by atoms with Gasteiger partial charge in [-0.15, -0.1) is 0 Å². The van der Waals surface area contributed by atoms with Crippen LogP contribution in [0.1, 0.15) is 49.9 Å². The van der Waals surface area contributed by atoms with E-state index in [1.54, 1.807) is 0 Å². The van der Waals surface area contributed by atoms with Crippen molar-refractivity contribution in [2.45, 2.75) is 44.1 Å². The number of benzene rings is 1. The van der Waals surface area contributed by atoms with Crippen molar-refractivity contribution in [1.82, 2.24) is 9.55 Å². The summed E-state index contributed by atoms with van der Waals surface area (Å²) in [6.45, 7) is 0. The number of aromatic nitrogens is 2. The van der Waals surface area contributed by atoms with Crippen LogP contribution in [-0.2, 0) is 4.79 Å². The van der Waals surface area contributed by atoms with Crippen molar-refractivity contribution in [3.05, 3.63) is 30.1 Å². The molecule has 1 aromatic carbocycles. The van der Waals surface area contributed by atoms with E-state index < -0.39 is 5.97 Å². The Bertz CT molecular complexity index is 672. The molecule has 2 aliphatic carbocycles. The van der Waals surface area contributed by atoms with E-state index in [0.29, 0.717) is 12.0 Å². The van der Waals surface area contributed by atoms with Gasteiger partial charge in [0.15, 0.2) is 0 Å². The van der Waals surface area contributed by atoms with Crippen LogP contribution >= 0.6 is 0 Å². The van der Waals surface area contributed by atoms with Gasteiger partial charge in [-0.3, -0.25) is 4.79 Å². The van der Waals surface area contributed by atoms with Gasteiger partial charge in [0.25, 0.3) is 0 Å².